The number of benzene rings is 1. The maximum Gasteiger partial charge on any atom is 0.257 e. The number of hydrogen-bond acceptors (Lipinski definition) is 3. The Balaban J connectivity index is 2.06. The predicted octanol–water partition coefficient (Wildman–Crippen LogP) is 1.41. The van der Waals surface area contributed by atoms with Crippen LogP contribution < -0.4 is 10.9 Å². The van der Waals surface area contributed by atoms with Crippen LogP contribution in [0.15, 0.2) is 35.3 Å². The predicted molar refractivity (Wildman–Crippen MR) is 74.4 cm³/mol. The molecular weight excluding hydrogens is 240 g/mol. The Morgan fingerprint density at radius 3 is 2.84 bits per heavy atom. The SMILES string of the molecule is O=c1[nH]c2c(cnn2C2CCNC2)c2ccccc12. The summed E-state index contributed by atoms with van der Waals surface area (Å²) in [7, 11) is 0. The van der Waals surface area contributed by atoms with Gasteiger partial charge < -0.3 is 10.3 Å². The van der Waals surface area contributed by atoms with Gasteiger partial charge in [0.25, 0.3) is 5.56 Å². The Morgan fingerprint density at radius 1 is 1.21 bits per heavy atom. The van der Waals surface area contributed by atoms with Gasteiger partial charge in [0.1, 0.15) is 5.65 Å². The fourth-order valence-electron chi connectivity index (χ4n) is 2.90. The molecule has 5 heteroatoms. The van der Waals surface area contributed by atoms with Crippen LogP contribution in [0.2, 0.25) is 0 Å². The molecule has 1 saturated heterocycles. The van der Waals surface area contributed by atoms with Gasteiger partial charge in [0, 0.05) is 17.3 Å². The van der Waals surface area contributed by atoms with Crippen LogP contribution in [0, 0.1) is 0 Å². The molecule has 19 heavy (non-hydrogen) atoms. The van der Waals surface area contributed by atoms with E-state index in [1.807, 2.05) is 35.1 Å². The summed E-state index contributed by atoms with van der Waals surface area (Å²) in [5, 5.41) is 10.5. The Hall–Kier alpha value is -2.14. The van der Waals surface area contributed by atoms with Gasteiger partial charge in [-0.25, -0.2) is 4.68 Å². The highest BCUT2D eigenvalue weighted by atomic mass is 16.1. The van der Waals surface area contributed by atoms with E-state index in [4.69, 9.17) is 0 Å². The summed E-state index contributed by atoms with van der Waals surface area (Å²) in [5.74, 6) is 0. The van der Waals surface area contributed by atoms with Gasteiger partial charge in [0.05, 0.1) is 12.2 Å². The van der Waals surface area contributed by atoms with Crippen molar-refractivity contribution in [2.24, 2.45) is 0 Å². The highest BCUT2D eigenvalue weighted by Gasteiger charge is 2.20. The van der Waals surface area contributed by atoms with E-state index >= 15 is 0 Å². The van der Waals surface area contributed by atoms with E-state index in [-0.39, 0.29) is 5.56 Å². The molecule has 3 aromatic rings. The minimum atomic E-state index is -0.0455. The fourth-order valence-corrected chi connectivity index (χ4v) is 2.90. The quantitative estimate of drug-likeness (QED) is 0.690. The second kappa shape index (κ2) is 3.93. The van der Waals surface area contributed by atoms with E-state index in [1.54, 1.807) is 0 Å². The molecule has 0 radical (unpaired) electrons. The van der Waals surface area contributed by atoms with Gasteiger partial charge in [-0.15, -0.1) is 0 Å². The van der Waals surface area contributed by atoms with Crippen molar-refractivity contribution < 1.29 is 0 Å². The number of nitrogens with one attached hydrogen (secondary N) is 2. The molecule has 4 rings (SSSR count). The minimum Gasteiger partial charge on any atom is -0.315 e. The molecule has 1 fully saturated rings. The summed E-state index contributed by atoms with van der Waals surface area (Å²) in [4.78, 5) is 15.1. The number of fused-ring (bicyclic) bond motifs is 3. The molecule has 2 aromatic heterocycles. The summed E-state index contributed by atoms with van der Waals surface area (Å²) < 4.78 is 1.95. The number of pyridine rings is 1. The lowest BCUT2D eigenvalue weighted by Gasteiger charge is -2.10. The van der Waals surface area contributed by atoms with Crippen LogP contribution in [0.4, 0.5) is 0 Å². The summed E-state index contributed by atoms with van der Waals surface area (Å²) in [6.07, 6.45) is 2.90. The van der Waals surface area contributed by atoms with Gasteiger partial charge in [-0.05, 0) is 24.4 Å². The summed E-state index contributed by atoms with van der Waals surface area (Å²) >= 11 is 0. The third-order valence-corrected chi connectivity index (χ3v) is 3.87. The molecule has 0 saturated carbocycles. The first-order valence-electron chi connectivity index (χ1n) is 6.53. The number of aromatic amines is 1. The molecule has 5 nitrogen and oxygen atoms in total. The van der Waals surface area contributed by atoms with Crippen LogP contribution in [-0.2, 0) is 0 Å². The minimum absolute atomic E-state index is 0.0455. The molecule has 3 heterocycles. The monoisotopic (exact) mass is 254 g/mol. The zero-order valence-corrected chi connectivity index (χ0v) is 10.4. The van der Waals surface area contributed by atoms with Crippen molar-refractivity contribution in [2.45, 2.75) is 12.5 Å². The molecule has 96 valence electrons. The molecule has 0 aliphatic carbocycles. The summed E-state index contributed by atoms with van der Waals surface area (Å²) in [5.41, 5.74) is 0.785. The van der Waals surface area contributed by atoms with Gasteiger partial charge in [-0.2, -0.15) is 5.10 Å². The van der Waals surface area contributed by atoms with Crippen molar-refractivity contribution in [1.82, 2.24) is 20.1 Å². The average molecular weight is 254 g/mol. The number of nitrogens with zero attached hydrogens (tertiary/aromatic N) is 2. The van der Waals surface area contributed by atoms with Crippen molar-refractivity contribution >= 4 is 21.8 Å². The molecule has 1 unspecified atom stereocenters. The van der Waals surface area contributed by atoms with Crippen LogP contribution in [0.1, 0.15) is 12.5 Å². The van der Waals surface area contributed by atoms with Gasteiger partial charge in [0.2, 0.25) is 0 Å². The lowest BCUT2D eigenvalue weighted by Crippen LogP contribution is -2.16. The van der Waals surface area contributed by atoms with Gasteiger partial charge in [-0.3, -0.25) is 4.79 Å². The maximum atomic E-state index is 12.1. The van der Waals surface area contributed by atoms with E-state index in [2.05, 4.69) is 15.4 Å². The first-order valence-corrected chi connectivity index (χ1v) is 6.53. The standard InChI is InChI=1S/C14H14N4O/c19-14-11-4-2-1-3-10(11)12-8-16-18(13(12)17-14)9-5-6-15-7-9/h1-4,8-9,15H,5-7H2,(H,17,19). The van der Waals surface area contributed by atoms with Gasteiger partial charge >= 0.3 is 0 Å². The molecule has 0 bridgehead atoms. The molecule has 0 spiro atoms. The maximum absolute atomic E-state index is 12.1. The third-order valence-electron chi connectivity index (χ3n) is 3.87. The fraction of sp³-hybridized carbons (Fsp3) is 0.286. The highest BCUT2D eigenvalue weighted by molar-refractivity contribution is 6.03. The first kappa shape index (κ1) is 10.8. The van der Waals surface area contributed by atoms with E-state index in [9.17, 15) is 4.79 Å². The van der Waals surface area contributed by atoms with E-state index in [1.165, 1.54) is 0 Å². The molecule has 2 N–H and O–H groups in total. The van der Waals surface area contributed by atoms with Gasteiger partial charge in [-0.1, -0.05) is 18.2 Å². The van der Waals surface area contributed by atoms with E-state index < -0.39 is 0 Å². The normalized spacial score (nSPS) is 19.5. The number of hydrogen-bond donors (Lipinski definition) is 2. The second-order valence-corrected chi connectivity index (χ2v) is 5.00. The van der Waals surface area contributed by atoms with Crippen molar-refractivity contribution in [3.63, 3.8) is 0 Å². The van der Waals surface area contributed by atoms with Crippen LogP contribution >= 0.6 is 0 Å². The van der Waals surface area contributed by atoms with Crippen molar-refractivity contribution in [1.29, 1.82) is 0 Å². The lowest BCUT2D eigenvalue weighted by atomic mass is 10.1. The van der Waals surface area contributed by atoms with Crippen molar-refractivity contribution in [3.05, 3.63) is 40.8 Å². The molecular formula is C14H14N4O. The first-order chi connectivity index (χ1) is 9.34. The molecule has 0 amide bonds. The zero-order chi connectivity index (χ0) is 12.8. The molecule has 1 aliphatic rings. The highest BCUT2D eigenvalue weighted by Crippen LogP contribution is 2.24. The van der Waals surface area contributed by atoms with Crippen LogP contribution in [0.25, 0.3) is 21.8 Å². The van der Waals surface area contributed by atoms with Gasteiger partial charge in [0.15, 0.2) is 0 Å². The number of H-pyrrole nitrogens is 1. The Morgan fingerprint density at radius 2 is 2.05 bits per heavy atom. The largest absolute Gasteiger partial charge is 0.315 e. The molecule has 1 aliphatic heterocycles. The number of rotatable bonds is 1. The Labute approximate surface area is 109 Å². The zero-order valence-electron chi connectivity index (χ0n) is 10.4. The third kappa shape index (κ3) is 1.51. The number of aromatic nitrogens is 3. The van der Waals surface area contributed by atoms with Crippen LogP contribution in [-0.4, -0.2) is 27.9 Å². The van der Waals surface area contributed by atoms with E-state index in [0.717, 1.165) is 41.3 Å². The summed E-state index contributed by atoms with van der Waals surface area (Å²) in [6.45, 7) is 1.91. The average Bonchev–Trinajstić information content (AvgIpc) is 3.07. The summed E-state index contributed by atoms with van der Waals surface area (Å²) in [6, 6.07) is 7.99. The topological polar surface area (TPSA) is 62.7 Å². The Bertz CT molecular complexity index is 811. The Kier molecular flexibility index (Phi) is 2.22. The van der Waals surface area contributed by atoms with Crippen LogP contribution in [0.3, 0.4) is 0 Å². The second-order valence-electron chi connectivity index (χ2n) is 5.00. The van der Waals surface area contributed by atoms with E-state index in [0.29, 0.717) is 6.04 Å². The molecule has 1 aromatic carbocycles. The lowest BCUT2D eigenvalue weighted by molar-refractivity contribution is 0.503. The van der Waals surface area contributed by atoms with Crippen molar-refractivity contribution in [3.8, 4) is 0 Å². The van der Waals surface area contributed by atoms with Crippen LogP contribution in [0.5, 0.6) is 0 Å². The molecule has 1 atom stereocenters. The van der Waals surface area contributed by atoms with Crippen molar-refractivity contribution in [2.75, 3.05) is 13.1 Å². The smallest absolute Gasteiger partial charge is 0.257 e.